The molecule has 14 heavy (non-hydrogen) atoms. The zero-order valence-corrected chi connectivity index (χ0v) is 8.85. The summed E-state index contributed by atoms with van der Waals surface area (Å²) in [4.78, 5) is 4.35. The van der Waals surface area contributed by atoms with E-state index in [-0.39, 0.29) is 0 Å². The van der Waals surface area contributed by atoms with E-state index in [4.69, 9.17) is 16.0 Å². The Morgan fingerprint density at radius 2 is 2.29 bits per heavy atom. The van der Waals surface area contributed by atoms with Crippen molar-refractivity contribution in [1.82, 2.24) is 10.3 Å². The van der Waals surface area contributed by atoms with E-state index < -0.39 is 0 Å². The van der Waals surface area contributed by atoms with Gasteiger partial charge in [-0.25, -0.2) is 4.98 Å². The van der Waals surface area contributed by atoms with Crippen molar-refractivity contribution in [3.63, 3.8) is 0 Å². The van der Waals surface area contributed by atoms with E-state index in [2.05, 4.69) is 10.3 Å². The van der Waals surface area contributed by atoms with Crippen molar-refractivity contribution in [2.45, 2.75) is 13.5 Å². The summed E-state index contributed by atoms with van der Waals surface area (Å²) < 4.78 is 5.51. The molecule has 0 radical (unpaired) electrons. The third-order valence-electron chi connectivity index (χ3n) is 2.07. The summed E-state index contributed by atoms with van der Waals surface area (Å²) in [6, 6.07) is 3.77. The van der Waals surface area contributed by atoms with Crippen LogP contribution in [0, 0.1) is 6.92 Å². The second kappa shape index (κ2) is 3.59. The van der Waals surface area contributed by atoms with Gasteiger partial charge >= 0.3 is 0 Å². The standard InChI is InChI=1S/C10H11ClN2O/c1-6-3-4-7(11)10-9(6)13-8(14-10)5-12-2/h3-4,12H,5H2,1-2H3. The van der Waals surface area contributed by atoms with Crippen LogP contribution >= 0.6 is 11.6 Å². The lowest BCUT2D eigenvalue weighted by Gasteiger charge is -1.93. The molecule has 0 saturated heterocycles. The molecular formula is C10H11ClN2O. The first kappa shape index (κ1) is 9.49. The third kappa shape index (κ3) is 1.49. The smallest absolute Gasteiger partial charge is 0.209 e. The average molecular weight is 211 g/mol. The van der Waals surface area contributed by atoms with Crippen molar-refractivity contribution in [2.75, 3.05) is 7.05 Å². The van der Waals surface area contributed by atoms with Crippen LogP contribution in [0.5, 0.6) is 0 Å². The Labute approximate surface area is 87.1 Å². The first-order chi connectivity index (χ1) is 6.72. The van der Waals surface area contributed by atoms with E-state index in [0.717, 1.165) is 11.1 Å². The van der Waals surface area contributed by atoms with Crippen molar-refractivity contribution < 1.29 is 4.42 Å². The van der Waals surface area contributed by atoms with Gasteiger partial charge in [-0.1, -0.05) is 17.7 Å². The minimum atomic E-state index is 0.612. The number of hydrogen-bond donors (Lipinski definition) is 1. The molecule has 1 heterocycles. The van der Waals surface area contributed by atoms with Crippen LogP contribution in [0.25, 0.3) is 11.1 Å². The number of fused-ring (bicyclic) bond motifs is 1. The number of halogens is 1. The fraction of sp³-hybridized carbons (Fsp3) is 0.300. The minimum absolute atomic E-state index is 0.612. The minimum Gasteiger partial charge on any atom is -0.438 e. The molecule has 0 unspecified atom stereocenters. The number of benzene rings is 1. The highest BCUT2D eigenvalue weighted by atomic mass is 35.5. The van der Waals surface area contributed by atoms with Crippen LogP contribution < -0.4 is 5.32 Å². The van der Waals surface area contributed by atoms with Crippen LogP contribution in [0.3, 0.4) is 0 Å². The van der Waals surface area contributed by atoms with Gasteiger partial charge in [-0.05, 0) is 25.6 Å². The molecule has 0 amide bonds. The van der Waals surface area contributed by atoms with Gasteiger partial charge in [0.25, 0.3) is 0 Å². The van der Waals surface area contributed by atoms with E-state index in [1.165, 1.54) is 0 Å². The van der Waals surface area contributed by atoms with Crippen LogP contribution in [0.1, 0.15) is 11.5 Å². The highest BCUT2D eigenvalue weighted by molar-refractivity contribution is 6.34. The van der Waals surface area contributed by atoms with Crippen LogP contribution in [0.4, 0.5) is 0 Å². The van der Waals surface area contributed by atoms with Crippen molar-refractivity contribution in [1.29, 1.82) is 0 Å². The molecule has 0 atom stereocenters. The predicted octanol–water partition coefficient (Wildman–Crippen LogP) is 2.51. The summed E-state index contributed by atoms with van der Waals surface area (Å²) in [5.74, 6) is 0.665. The number of oxazole rings is 1. The number of nitrogens with zero attached hydrogens (tertiary/aromatic N) is 1. The van der Waals surface area contributed by atoms with Crippen LogP contribution in [0.15, 0.2) is 16.5 Å². The Morgan fingerprint density at radius 3 is 2.93 bits per heavy atom. The van der Waals surface area contributed by atoms with Gasteiger partial charge in [0.1, 0.15) is 5.52 Å². The van der Waals surface area contributed by atoms with E-state index in [9.17, 15) is 0 Å². The van der Waals surface area contributed by atoms with Gasteiger partial charge in [-0.3, -0.25) is 0 Å². The summed E-state index contributed by atoms with van der Waals surface area (Å²) in [7, 11) is 1.85. The average Bonchev–Trinajstić information content (AvgIpc) is 2.57. The fourth-order valence-corrected chi connectivity index (χ4v) is 1.56. The van der Waals surface area contributed by atoms with Crippen molar-refractivity contribution in [2.24, 2.45) is 0 Å². The molecule has 1 aromatic heterocycles. The fourth-order valence-electron chi connectivity index (χ4n) is 1.37. The molecule has 0 spiro atoms. The molecule has 0 aliphatic heterocycles. The lowest BCUT2D eigenvalue weighted by atomic mass is 10.2. The SMILES string of the molecule is CNCc1nc2c(C)ccc(Cl)c2o1. The van der Waals surface area contributed by atoms with Gasteiger partial charge in [-0.15, -0.1) is 0 Å². The van der Waals surface area contributed by atoms with E-state index in [1.807, 2.05) is 26.1 Å². The van der Waals surface area contributed by atoms with E-state index >= 15 is 0 Å². The molecule has 0 bridgehead atoms. The summed E-state index contributed by atoms with van der Waals surface area (Å²) in [6.45, 7) is 2.61. The second-order valence-electron chi connectivity index (χ2n) is 3.18. The molecule has 4 heteroatoms. The number of hydrogen-bond acceptors (Lipinski definition) is 3. The van der Waals surface area contributed by atoms with Crippen molar-refractivity contribution >= 4 is 22.7 Å². The normalized spacial score (nSPS) is 11.1. The Balaban J connectivity index is 2.63. The zero-order valence-electron chi connectivity index (χ0n) is 8.10. The summed E-state index contributed by atoms with van der Waals surface area (Å²) in [5, 5.41) is 3.60. The quantitative estimate of drug-likeness (QED) is 0.828. The van der Waals surface area contributed by atoms with Crippen LogP contribution in [-0.2, 0) is 6.54 Å². The van der Waals surface area contributed by atoms with E-state index in [1.54, 1.807) is 0 Å². The molecule has 2 rings (SSSR count). The molecule has 0 aliphatic rings. The highest BCUT2D eigenvalue weighted by Gasteiger charge is 2.10. The van der Waals surface area contributed by atoms with E-state index in [0.29, 0.717) is 23.0 Å². The van der Waals surface area contributed by atoms with Crippen LogP contribution in [-0.4, -0.2) is 12.0 Å². The van der Waals surface area contributed by atoms with Gasteiger partial charge in [0.2, 0.25) is 5.89 Å². The maximum Gasteiger partial charge on any atom is 0.209 e. The van der Waals surface area contributed by atoms with Gasteiger partial charge in [0.15, 0.2) is 5.58 Å². The molecular weight excluding hydrogens is 200 g/mol. The number of rotatable bonds is 2. The molecule has 0 saturated carbocycles. The maximum atomic E-state index is 5.99. The summed E-state index contributed by atoms with van der Waals surface area (Å²) in [6.07, 6.45) is 0. The molecule has 0 aliphatic carbocycles. The zero-order chi connectivity index (χ0) is 10.1. The Hall–Kier alpha value is -1.06. The van der Waals surface area contributed by atoms with Gasteiger partial charge < -0.3 is 9.73 Å². The predicted molar refractivity (Wildman–Crippen MR) is 56.5 cm³/mol. The lowest BCUT2D eigenvalue weighted by Crippen LogP contribution is -2.04. The van der Waals surface area contributed by atoms with Crippen molar-refractivity contribution in [3.8, 4) is 0 Å². The van der Waals surface area contributed by atoms with Crippen LogP contribution in [0.2, 0.25) is 5.02 Å². The third-order valence-corrected chi connectivity index (χ3v) is 2.37. The Bertz CT molecular complexity index is 425. The number of nitrogens with one attached hydrogen (secondary N) is 1. The number of aryl methyl sites for hydroxylation is 1. The summed E-state index contributed by atoms with van der Waals surface area (Å²) in [5.41, 5.74) is 2.61. The molecule has 0 fully saturated rings. The second-order valence-corrected chi connectivity index (χ2v) is 3.59. The molecule has 74 valence electrons. The monoisotopic (exact) mass is 210 g/mol. The van der Waals surface area contributed by atoms with Gasteiger partial charge in [-0.2, -0.15) is 0 Å². The Kier molecular flexibility index (Phi) is 2.44. The van der Waals surface area contributed by atoms with Gasteiger partial charge in [0, 0.05) is 0 Å². The molecule has 1 N–H and O–H groups in total. The first-order valence-electron chi connectivity index (χ1n) is 4.41. The first-order valence-corrected chi connectivity index (χ1v) is 4.79. The number of aromatic nitrogens is 1. The molecule has 3 nitrogen and oxygen atoms in total. The largest absolute Gasteiger partial charge is 0.438 e. The lowest BCUT2D eigenvalue weighted by molar-refractivity contribution is 0.511. The highest BCUT2D eigenvalue weighted by Crippen LogP contribution is 2.26. The molecule has 1 aromatic carbocycles. The van der Waals surface area contributed by atoms with Crippen molar-refractivity contribution in [3.05, 3.63) is 28.6 Å². The maximum absolute atomic E-state index is 5.99. The molecule has 2 aromatic rings. The summed E-state index contributed by atoms with van der Waals surface area (Å²) >= 11 is 5.99. The topological polar surface area (TPSA) is 38.1 Å². The van der Waals surface area contributed by atoms with Gasteiger partial charge in [0.05, 0.1) is 11.6 Å². The Morgan fingerprint density at radius 1 is 1.50 bits per heavy atom.